The molecule has 0 saturated carbocycles. The molecule has 25 heavy (non-hydrogen) atoms. The zero-order chi connectivity index (χ0) is 17.9. The highest BCUT2D eigenvalue weighted by Crippen LogP contribution is 2.43. The van der Waals surface area contributed by atoms with Crippen LogP contribution in [-0.4, -0.2) is 0 Å². The molecule has 0 saturated heterocycles. The van der Waals surface area contributed by atoms with E-state index in [0.717, 1.165) is 12.8 Å². The standard InChI is InChI=1S/C25H27/c1-5-18-25(22-12-6-19(2)7-13-22,23-14-8-20(3)9-15-23)24-16-10-21(4)11-17-24/h6-17H,1,5,18H2,2-4H3. The van der Waals surface area contributed by atoms with Gasteiger partial charge in [0, 0.05) is 5.41 Å². The van der Waals surface area contributed by atoms with Crippen molar-refractivity contribution in [1.29, 1.82) is 0 Å². The summed E-state index contributed by atoms with van der Waals surface area (Å²) in [5, 5.41) is 0. The predicted molar refractivity (Wildman–Crippen MR) is 108 cm³/mol. The Morgan fingerprint density at radius 1 is 0.560 bits per heavy atom. The number of aryl methyl sites for hydroxylation is 3. The van der Waals surface area contributed by atoms with Crippen LogP contribution in [0.25, 0.3) is 0 Å². The summed E-state index contributed by atoms with van der Waals surface area (Å²) in [7, 11) is 0. The third-order valence-corrected chi connectivity index (χ3v) is 5.18. The summed E-state index contributed by atoms with van der Waals surface area (Å²) in [6.07, 6.45) is 1.87. The Bertz CT molecular complexity index is 694. The average Bonchev–Trinajstić information content (AvgIpc) is 2.62. The second kappa shape index (κ2) is 7.27. The first kappa shape index (κ1) is 17.5. The zero-order valence-electron chi connectivity index (χ0n) is 15.5. The Hall–Kier alpha value is -2.34. The van der Waals surface area contributed by atoms with Crippen LogP contribution in [0.3, 0.4) is 0 Å². The summed E-state index contributed by atoms with van der Waals surface area (Å²) in [5.41, 5.74) is 7.75. The molecule has 0 unspecified atom stereocenters. The van der Waals surface area contributed by atoms with Crippen molar-refractivity contribution >= 4 is 0 Å². The maximum atomic E-state index is 4.20. The van der Waals surface area contributed by atoms with Crippen LogP contribution in [-0.2, 0) is 5.41 Å². The van der Waals surface area contributed by atoms with Crippen molar-refractivity contribution in [2.75, 3.05) is 0 Å². The lowest BCUT2D eigenvalue weighted by atomic mass is 9.66. The van der Waals surface area contributed by atoms with Crippen molar-refractivity contribution in [2.24, 2.45) is 0 Å². The van der Waals surface area contributed by atoms with E-state index in [1.807, 2.05) is 0 Å². The molecule has 0 N–H and O–H groups in total. The van der Waals surface area contributed by atoms with Crippen molar-refractivity contribution in [3.05, 3.63) is 113 Å². The fourth-order valence-electron chi connectivity index (χ4n) is 3.71. The van der Waals surface area contributed by atoms with Crippen molar-refractivity contribution in [3.63, 3.8) is 0 Å². The average molecular weight is 327 g/mol. The van der Waals surface area contributed by atoms with Gasteiger partial charge in [0.1, 0.15) is 0 Å². The van der Waals surface area contributed by atoms with Gasteiger partial charge in [-0.25, -0.2) is 0 Å². The van der Waals surface area contributed by atoms with E-state index in [-0.39, 0.29) is 5.41 Å². The quantitative estimate of drug-likeness (QED) is 0.465. The summed E-state index contributed by atoms with van der Waals surface area (Å²) in [6, 6.07) is 27.0. The lowest BCUT2D eigenvalue weighted by Gasteiger charge is -2.36. The molecule has 3 aromatic rings. The number of hydrogen-bond acceptors (Lipinski definition) is 0. The van der Waals surface area contributed by atoms with Crippen LogP contribution < -0.4 is 0 Å². The van der Waals surface area contributed by atoms with Crippen LogP contribution in [0, 0.1) is 27.7 Å². The summed E-state index contributed by atoms with van der Waals surface area (Å²) < 4.78 is 0. The molecule has 0 heteroatoms. The molecule has 0 aliphatic rings. The number of benzene rings is 3. The summed E-state index contributed by atoms with van der Waals surface area (Å²) in [4.78, 5) is 0. The topological polar surface area (TPSA) is 0 Å². The van der Waals surface area contributed by atoms with Crippen molar-refractivity contribution in [1.82, 2.24) is 0 Å². The van der Waals surface area contributed by atoms with E-state index in [4.69, 9.17) is 0 Å². The highest BCUT2D eigenvalue weighted by Gasteiger charge is 2.35. The molecule has 0 spiro atoms. The van der Waals surface area contributed by atoms with Gasteiger partial charge < -0.3 is 0 Å². The minimum Gasteiger partial charge on any atom is -0.0590 e. The molecular formula is C25H27. The molecule has 0 bridgehead atoms. The number of rotatable bonds is 5. The second-order valence-electron chi connectivity index (χ2n) is 7.11. The van der Waals surface area contributed by atoms with Crippen LogP contribution in [0.1, 0.15) is 46.2 Å². The molecule has 1 radical (unpaired) electrons. The van der Waals surface area contributed by atoms with Crippen molar-refractivity contribution in [2.45, 2.75) is 39.0 Å². The van der Waals surface area contributed by atoms with E-state index < -0.39 is 0 Å². The van der Waals surface area contributed by atoms with Gasteiger partial charge in [-0.1, -0.05) is 103 Å². The molecule has 0 aromatic heterocycles. The zero-order valence-corrected chi connectivity index (χ0v) is 15.5. The molecular weight excluding hydrogens is 300 g/mol. The Balaban J connectivity index is 2.28. The second-order valence-corrected chi connectivity index (χ2v) is 7.11. The van der Waals surface area contributed by atoms with E-state index >= 15 is 0 Å². The molecule has 0 amide bonds. The first-order valence-corrected chi connectivity index (χ1v) is 9.07. The smallest absolute Gasteiger partial charge is 0.0451 e. The van der Waals surface area contributed by atoms with Gasteiger partial charge in [-0.2, -0.15) is 0 Å². The van der Waals surface area contributed by atoms with Gasteiger partial charge in [-0.05, 0) is 43.9 Å². The molecule has 3 aromatic carbocycles. The van der Waals surface area contributed by atoms with Crippen LogP contribution in [0.4, 0.5) is 0 Å². The normalized spacial score (nSPS) is 11.5. The van der Waals surface area contributed by atoms with E-state index in [1.54, 1.807) is 0 Å². The van der Waals surface area contributed by atoms with E-state index in [9.17, 15) is 0 Å². The molecule has 0 aliphatic heterocycles. The SMILES string of the molecule is [CH2]CCC(c1ccc(C)cc1)(c1ccc(C)cc1)c1ccc(C)cc1. The highest BCUT2D eigenvalue weighted by atomic mass is 14.4. The van der Waals surface area contributed by atoms with Gasteiger partial charge in [0.15, 0.2) is 0 Å². The van der Waals surface area contributed by atoms with Gasteiger partial charge in [0.2, 0.25) is 0 Å². The molecule has 0 heterocycles. The molecule has 0 fully saturated rings. The fraction of sp³-hybridized carbons (Fsp3) is 0.240. The van der Waals surface area contributed by atoms with Gasteiger partial charge in [-0.3, -0.25) is 0 Å². The first-order chi connectivity index (χ1) is 12.1. The van der Waals surface area contributed by atoms with E-state index in [0.29, 0.717) is 0 Å². The molecule has 0 atom stereocenters. The minimum absolute atomic E-state index is 0.156. The lowest BCUT2D eigenvalue weighted by Crippen LogP contribution is -2.29. The maximum Gasteiger partial charge on any atom is 0.0451 e. The largest absolute Gasteiger partial charge is 0.0590 e. The maximum absolute atomic E-state index is 4.20. The van der Waals surface area contributed by atoms with Crippen molar-refractivity contribution < 1.29 is 0 Å². The van der Waals surface area contributed by atoms with Gasteiger partial charge >= 0.3 is 0 Å². The first-order valence-electron chi connectivity index (χ1n) is 9.07. The highest BCUT2D eigenvalue weighted by molar-refractivity contribution is 5.51. The summed E-state index contributed by atoms with van der Waals surface area (Å²) >= 11 is 0. The monoisotopic (exact) mass is 327 g/mol. The predicted octanol–water partition coefficient (Wildman–Crippen LogP) is 6.56. The fourth-order valence-corrected chi connectivity index (χ4v) is 3.71. The van der Waals surface area contributed by atoms with Crippen molar-refractivity contribution in [3.8, 4) is 0 Å². The summed E-state index contributed by atoms with van der Waals surface area (Å²) in [6.45, 7) is 10.6. The Labute approximate surface area is 152 Å². The van der Waals surface area contributed by atoms with E-state index in [2.05, 4.69) is 100 Å². The molecule has 0 nitrogen and oxygen atoms in total. The van der Waals surface area contributed by atoms with Crippen LogP contribution in [0.5, 0.6) is 0 Å². The Morgan fingerprint density at radius 2 is 0.840 bits per heavy atom. The van der Waals surface area contributed by atoms with Gasteiger partial charge in [0.25, 0.3) is 0 Å². The van der Waals surface area contributed by atoms with Gasteiger partial charge in [0.05, 0.1) is 0 Å². The van der Waals surface area contributed by atoms with E-state index in [1.165, 1.54) is 33.4 Å². The number of hydrogen-bond donors (Lipinski definition) is 0. The van der Waals surface area contributed by atoms with Gasteiger partial charge in [-0.15, -0.1) is 0 Å². The third kappa shape index (κ3) is 3.39. The molecule has 127 valence electrons. The molecule has 0 aliphatic carbocycles. The van der Waals surface area contributed by atoms with Crippen LogP contribution in [0.15, 0.2) is 72.8 Å². The molecule has 3 rings (SSSR count). The summed E-state index contributed by atoms with van der Waals surface area (Å²) in [5.74, 6) is 0. The van der Waals surface area contributed by atoms with Crippen LogP contribution in [0.2, 0.25) is 0 Å². The lowest BCUT2D eigenvalue weighted by molar-refractivity contribution is 0.564. The Kier molecular flexibility index (Phi) is 5.08. The Morgan fingerprint density at radius 3 is 1.08 bits per heavy atom. The van der Waals surface area contributed by atoms with Crippen LogP contribution >= 0.6 is 0 Å². The minimum atomic E-state index is -0.156. The third-order valence-electron chi connectivity index (χ3n) is 5.18.